The number of aliphatic imine (C=N–C) groups is 1. The second-order valence-electron chi connectivity index (χ2n) is 7.96. The number of guanidine groups is 1. The second-order valence-corrected chi connectivity index (χ2v) is 7.96. The summed E-state index contributed by atoms with van der Waals surface area (Å²) in [7, 11) is 4.00. The minimum absolute atomic E-state index is 0.637. The summed E-state index contributed by atoms with van der Waals surface area (Å²) in [5.41, 5.74) is 1.35. The lowest BCUT2D eigenvalue weighted by atomic mass is 10.1. The molecule has 2 saturated heterocycles. The van der Waals surface area contributed by atoms with Crippen molar-refractivity contribution in [3.05, 3.63) is 30.3 Å². The van der Waals surface area contributed by atoms with Gasteiger partial charge in [0.2, 0.25) is 0 Å². The summed E-state index contributed by atoms with van der Waals surface area (Å²) < 4.78 is 5.48. The van der Waals surface area contributed by atoms with Gasteiger partial charge in [-0.25, -0.2) is 0 Å². The Morgan fingerprint density at radius 2 is 1.96 bits per heavy atom. The smallest absolute Gasteiger partial charge is 0.193 e. The van der Waals surface area contributed by atoms with Gasteiger partial charge in [0.1, 0.15) is 0 Å². The van der Waals surface area contributed by atoms with E-state index in [-0.39, 0.29) is 0 Å². The van der Waals surface area contributed by atoms with Crippen LogP contribution in [0.4, 0.5) is 5.69 Å². The van der Waals surface area contributed by atoms with Crippen molar-refractivity contribution >= 4 is 11.6 Å². The minimum atomic E-state index is 0.637. The third-order valence-corrected chi connectivity index (χ3v) is 5.81. The van der Waals surface area contributed by atoms with Gasteiger partial charge in [-0.1, -0.05) is 18.2 Å². The number of hydrogen-bond donors (Lipinski definition) is 1. The maximum absolute atomic E-state index is 5.48. The standard InChI is InChI=1S/C22H37N5O/c1-23-22(25(2)18-20-10-17-28-19-20)24-11-6-7-12-26-13-15-27(16-14-26)21-8-4-3-5-9-21/h3-5,8-9,20H,6-7,10-19H2,1-2H3,(H,23,24). The number of unbranched alkanes of at least 4 members (excludes halogenated alkanes) is 1. The van der Waals surface area contributed by atoms with E-state index >= 15 is 0 Å². The zero-order chi connectivity index (χ0) is 19.6. The summed E-state index contributed by atoms with van der Waals surface area (Å²) in [6, 6.07) is 10.8. The first-order valence-corrected chi connectivity index (χ1v) is 10.8. The largest absolute Gasteiger partial charge is 0.381 e. The SMILES string of the molecule is CN=C(NCCCCN1CCN(c2ccccc2)CC1)N(C)CC1CCOC1. The van der Waals surface area contributed by atoms with Crippen molar-refractivity contribution in [2.24, 2.45) is 10.9 Å². The van der Waals surface area contributed by atoms with Crippen molar-refractivity contribution in [3.63, 3.8) is 0 Å². The van der Waals surface area contributed by atoms with E-state index < -0.39 is 0 Å². The zero-order valence-electron chi connectivity index (χ0n) is 17.6. The summed E-state index contributed by atoms with van der Waals surface area (Å²) in [4.78, 5) is 11.8. The Morgan fingerprint density at radius 3 is 2.64 bits per heavy atom. The lowest BCUT2D eigenvalue weighted by molar-refractivity contribution is 0.181. The van der Waals surface area contributed by atoms with Gasteiger partial charge in [-0.05, 0) is 37.9 Å². The molecule has 2 heterocycles. The number of ether oxygens (including phenoxy) is 1. The van der Waals surface area contributed by atoms with E-state index in [1.165, 1.54) is 31.5 Å². The molecule has 1 atom stereocenters. The Morgan fingerprint density at radius 1 is 1.18 bits per heavy atom. The predicted octanol–water partition coefficient (Wildman–Crippen LogP) is 2.13. The highest BCUT2D eigenvalue weighted by atomic mass is 16.5. The Hall–Kier alpha value is -1.79. The van der Waals surface area contributed by atoms with Crippen LogP contribution in [0.2, 0.25) is 0 Å². The number of nitrogens with one attached hydrogen (secondary N) is 1. The molecule has 0 spiro atoms. The third kappa shape index (κ3) is 6.38. The molecule has 6 nitrogen and oxygen atoms in total. The summed E-state index contributed by atoms with van der Waals surface area (Å²) in [6.45, 7) is 9.58. The second kappa shape index (κ2) is 11.3. The van der Waals surface area contributed by atoms with Gasteiger partial charge in [-0.3, -0.25) is 9.89 Å². The van der Waals surface area contributed by atoms with E-state index in [2.05, 4.69) is 62.4 Å². The lowest BCUT2D eigenvalue weighted by Gasteiger charge is -2.36. The van der Waals surface area contributed by atoms with E-state index in [9.17, 15) is 0 Å². The highest BCUT2D eigenvalue weighted by Crippen LogP contribution is 2.16. The Labute approximate surface area is 170 Å². The van der Waals surface area contributed by atoms with Gasteiger partial charge in [0.15, 0.2) is 5.96 Å². The Balaban J connectivity index is 1.26. The summed E-state index contributed by atoms with van der Waals surface area (Å²) in [5.74, 6) is 1.64. The minimum Gasteiger partial charge on any atom is -0.381 e. The maximum Gasteiger partial charge on any atom is 0.193 e. The molecule has 0 saturated carbocycles. The molecule has 1 aromatic carbocycles. The van der Waals surface area contributed by atoms with E-state index in [1.54, 1.807) is 0 Å². The van der Waals surface area contributed by atoms with Gasteiger partial charge in [0.05, 0.1) is 6.61 Å². The predicted molar refractivity (Wildman–Crippen MR) is 117 cm³/mol. The molecule has 1 aromatic rings. The van der Waals surface area contributed by atoms with Crippen molar-refractivity contribution in [2.45, 2.75) is 19.3 Å². The van der Waals surface area contributed by atoms with Crippen LogP contribution >= 0.6 is 0 Å². The van der Waals surface area contributed by atoms with E-state index in [4.69, 9.17) is 4.74 Å². The Kier molecular flexibility index (Phi) is 8.42. The van der Waals surface area contributed by atoms with Gasteiger partial charge in [0.25, 0.3) is 0 Å². The number of rotatable bonds is 8. The normalized spacial score (nSPS) is 21.1. The van der Waals surface area contributed by atoms with Gasteiger partial charge in [-0.2, -0.15) is 0 Å². The van der Waals surface area contributed by atoms with Gasteiger partial charge in [-0.15, -0.1) is 0 Å². The van der Waals surface area contributed by atoms with Crippen molar-refractivity contribution in [1.29, 1.82) is 0 Å². The van der Waals surface area contributed by atoms with Crippen LogP contribution in [0.1, 0.15) is 19.3 Å². The van der Waals surface area contributed by atoms with Gasteiger partial charge >= 0.3 is 0 Å². The van der Waals surface area contributed by atoms with Crippen molar-refractivity contribution in [3.8, 4) is 0 Å². The summed E-state index contributed by atoms with van der Waals surface area (Å²) in [5, 5.41) is 3.52. The molecule has 0 amide bonds. The third-order valence-electron chi connectivity index (χ3n) is 5.81. The molecule has 0 aliphatic carbocycles. The van der Waals surface area contributed by atoms with Gasteiger partial charge in [0, 0.05) is 71.6 Å². The summed E-state index contributed by atoms with van der Waals surface area (Å²) in [6.07, 6.45) is 3.58. The van der Waals surface area contributed by atoms with Crippen LogP contribution in [0, 0.1) is 5.92 Å². The molecule has 2 fully saturated rings. The van der Waals surface area contributed by atoms with Crippen LogP contribution in [0.25, 0.3) is 0 Å². The van der Waals surface area contributed by atoms with Crippen LogP contribution < -0.4 is 10.2 Å². The monoisotopic (exact) mass is 387 g/mol. The van der Waals surface area contributed by atoms with E-state index in [1.807, 2.05) is 7.05 Å². The molecular formula is C22H37N5O. The van der Waals surface area contributed by atoms with Crippen LogP contribution in [0.15, 0.2) is 35.3 Å². The number of hydrogen-bond acceptors (Lipinski definition) is 4. The number of benzene rings is 1. The molecule has 2 aliphatic rings. The zero-order valence-corrected chi connectivity index (χ0v) is 17.6. The van der Waals surface area contributed by atoms with Crippen LogP contribution in [-0.4, -0.2) is 88.9 Å². The molecule has 6 heteroatoms. The molecule has 1 N–H and O–H groups in total. The van der Waals surface area contributed by atoms with Crippen LogP contribution in [0.5, 0.6) is 0 Å². The summed E-state index contributed by atoms with van der Waals surface area (Å²) >= 11 is 0. The van der Waals surface area contributed by atoms with Crippen molar-refractivity contribution < 1.29 is 4.74 Å². The molecule has 3 rings (SSSR count). The number of anilines is 1. The van der Waals surface area contributed by atoms with Gasteiger partial charge < -0.3 is 19.9 Å². The first-order chi connectivity index (χ1) is 13.8. The van der Waals surface area contributed by atoms with Crippen LogP contribution in [0.3, 0.4) is 0 Å². The number of para-hydroxylation sites is 1. The van der Waals surface area contributed by atoms with Crippen molar-refractivity contribution in [2.75, 3.05) is 78.0 Å². The number of piperazine rings is 1. The van der Waals surface area contributed by atoms with Crippen LogP contribution in [-0.2, 0) is 4.74 Å². The molecule has 0 bridgehead atoms. The van der Waals surface area contributed by atoms with Crippen molar-refractivity contribution in [1.82, 2.24) is 15.1 Å². The highest BCUT2D eigenvalue weighted by molar-refractivity contribution is 5.79. The van der Waals surface area contributed by atoms with E-state index in [0.717, 1.165) is 58.4 Å². The lowest BCUT2D eigenvalue weighted by Crippen LogP contribution is -2.46. The average molecular weight is 388 g/mol. The molecule has 0 radical (unpaired) electrons. The number of nitrogens with zero attached hydrogens (tertiary/aromatic N) is 4. The molecule has 156 valence electrons. The molecule has 0 aromatic heterocycles. The fourth-order valence-electron chi connectivity index (χ4n) is 4.11. The first kappa shape index (κ1) is 20.9. The fourth-order valence-corrected chi connectivity index (χ4v) is 4.11. The molecule has 1 unspecified atom stereocenters. The average Bonchev–Trinajstić information content (AvgIpc) is 3.24. The molecule has 2 aliphatic heterocycles. The van der Waals surface area contributed by atoms with E-state index in [0.29, 0.717) is 5.92 Å². The molecular weight excluding hydrogens is 350 g/mol. The highest BCUT2D eigenvalue weighted by Gasteiger charge is 2.19. The first-order valence-electron chi connectivity index (χ1n) is 10.8. The fraction of sp³-hybridized carbons (Fsp3) is 0.682. The maximum atomic E-state index is 5.48. The molecule has 28 heavy (non-hydrogen) atoms. The Bertz CT molecular complexity index is 580. The quantitative estimate of drug-likeness (QED) is 0.421. The topological polar surface area (TPSA) is 43.3 Å².